The summed E-state index contributed by atoms with van der Waals surface area (Å²) in [6.45, 7) is 0. The minimum absolute atomic E-state index is 0.137. The van der Waals surface area contributed by atoms with Crippen LogP contribution < -0.4 is 5.32 Å². The van der Waals surface area contributed by atoms with E-state index in [0.29, 0.717) is 15.3 Å². The highest BCUT2D eigenvalue weighted by atomic mass is 79.9. The number of carbonyl (C=O) groups is 1. The van der Waals surface area contributed by atoms with Crippen molar-refractivity contribution in [3.8, 4) is 0 Å². The zero-order valence-corrected chi connectivity index (χ0v) is 11.9. The fourth-order valence-electron chi connectivity index (χ4n) is 1.23. The molecule has 92 valence electrons. The van der Waals surface area contributed by atoms with Gasteiger partial charge in [-0.2, -0.15) is 0 Å². The third-order valence-corrected chi connectivity index (χ3v) is 2.99. The van der Waals surface area contributed by atoms with E-state index >= 15 is 0 Å². The number of halogens is 3. The van der Waals surface area contributed by atoms with Crippen molar-refractivity contribution in [2.24, 2.45) is 0 Å². The molecule has 0 spiro atoms. The monoisotopic (exact) mass is 345 g/mol. The van der Waals surface area contributed by atoms with Crippen molar-refractivity contribution in [1.29, 1.82) is 0 Å². The molecule has 2 heterocycles. The van der Waals surface area contributed by atoms with Crippen LogP contribution in [0, 0.1) is 0 Å². The van der Waals surface area contributed by atoms with E-state index in [1.807, 2.05) is 0 Å². The Morgan fingerprint density at radius 3 is 2.67 bits per heavy atom. The van der Waals surface area contributed by atoms with E-state index in [9.17, 15) is 4.79 Å². The topological polar surface area (TPSA) is 54.9 Å². The van der Waals surface area contributed by atoms with Crippen LogP contribution in [0.4, 0.5) is 5.69 Å². The van der Waals surface area contributed by atoms with Crippen LogP contribution >= 0.6 is 39.1 Å². The molecule has 1 amide bonds. The van der Waals surface area contributed by atoms with E-state index in [1.165, 1.54) is 12.4 Å². The highest BCUT2D eigenvalue weighted by Gasteiger charge is 2.12. The fourth-order valence-corrected chi connectivity index (χ4v) is 1.86. The van der Waals surface area contributed by atoms with Gasteiger partial charge < -0.3 is 5.32 Å². The van der Waals surface area contributed by atoms with Crippen molar-refractivity contribution in [2.45, 2.75) is 0 Å². The molecular weight excluding hydrogens is 341 g/mol. The van der Waals surface area contributed by atoms with Crippen molar-refractivity contribution < 1.29 is 4.79 Å². The molecule has 4 nitrogen and oxygen atoms in total. The zero-order valence-electron chi connectivity index (χ0n) is 8.82. The number of pyridine rings is 2. The molecule has 18 heavy (non-hydrogen) atoms. The molecule has 0 bridgehead atoms. The number of hydrogen-bond donors (Lipinski definition) is 1. The Hall–Kier alpha value is -1.17. The predicted molar refractivity (Wildman–Crippen MR) is 74.1 cm³/mol. The second-order valence-corrected chi connectivity index (χ2v) is 4.98. The van der Waals surface area contributed by atoms with E-state index in [2.05, 4.69) is 31.2 Å². The SMILES string of the molecule is O=C(Nc1ccc(Cl)nc1)c1cc(Br)cnc1Cl. The molecule has 7 heteroatoms. The van der Waals surface area contributed by atoms with Crippen molar-refractivity contribution >= 4 is 50.7 Å². The van der Waals surface area contributed by atoms with E-state index in [4.69, 9.17) is 23.2 Å². The molecule has 0 radical (unpaired) electrons. The van der Waals surface area contributed by atoms with E-state index in [0.717, 1.165) is 0 Å². The first-order valence-corrected chi connectivity index (χ1v) is 6.35. The summed E-state index contributed by atoms with van der Waals surface area (Å²) in [5.74, 6) is -0.363. The van der Waals surface area contributed by atoms with Gasteiger partial charge in [-0.3, -0.25) is 4.79 Å². The van der Waals surface area contributed by atoms with Crippen LogP contribution in [0.1, 0.15) is 10.4 Å². The summed E-state index contributed by atoms with van der Waals surface area (Å²) in [5.41, 5.74) is 0.807. The first-order valence-electron chi connectivity index (χ1n) is 4.80. The first kappa shape index (κ1) is 13.3. The molecule has 2 aromatic rings. The second-order valence-electron chi connectivity index (χ2n) is 3.32. The maximum Gasteiger partial charge on any atom is 0.258 e. The molecule has 2 aromatic heterocycles. The van der Waals surface area contributed by atoms with Gasteiger partial charge in [-0.05, 0) is 34.1 Å². The highest BCUT2D eigenvalue weighted by molar-refractivity contribution is 9.10. The Bertz CT molecular complexity index is 589. The fraction of sp³-hybridized carbons (Fsp3) is 0. The Morgan fingerprint density at radius 1 is 1.22 bits per heavy atom. The Balaban J connectivity index is 2.21. The van der Waals surface area contributed by atoms with E-state index in [-0.39, 0.29) is 16.6 Å². The Labute approximate surface area is 121 Å². The lowest BCUT2D eigenvalue weighted by atomic mass is 10.2. The van der Waals surface area contributed by atoms with Gasteiger partial charge in [0.1, 0.15) is 10.3 Å². The molecule has 0 fully saturated rings. The maximum absolute atomic E-state index is 12.0. The maximum atomic E-state index is 12.0. The summed E-state index contributed by atoms with van der Waals surface area (Å²) in [6, 6.07) is 4.82. The average molecular weight is 347 g/mol. The van der Waals surface area contributed by atoms with E-state index < -0.39 is 0 Å². The number of anilines is 1. The van der Waals surface area contributed by atoms with Crippen LogP contribution in [-0.2, 0) is 0 Å². The Morgan fingerprint density at radius 2 is 2.00 bits per heavy atom. The molecule has 0 saturated heterocycles. The molecule has 1 N–H and O–H groups in total. The molecule has 0 aliphatic rings. The summed E-state index contributed by atoms with van der Waals surface area (Å²) >= 11 is 14.7. The molecule has 0 unspecified atom stereocenters. The Kier molecular flexibility index (Phi) is 4.16. The molecule has 0 atom stereocenters. The first-order chi connectivity index (χ1) is 8.56. The van der Waals surface area contributed by atoms with Gasteiger partial charge >= 0.3 is 0 Å². The largest absolute Gasteiger partial charge is 0.320 e. The minimum Gasteiger partial charge on any atom is -0.320 e. The average Bonchev–Trinajstić information content (AvgIpc) is 2.35. The van der Waals surface area contributed by atoms with Gasteiger partial charge in [0.05, 0.1) is 17.4 Å². The van der Waals surface area contributed by atoms with Crippen molar-refractivity contribution in [2.75, 3.05) is 5.32 Å². The van der Waals surface area contributed by atoms with Crippen molar-refractivity contribution in [3.63, 3.8) is 0 Å². The molecule has 2 rings (SSSR count). The van der Waals surface area contributed by atoms with Crippen LogP contribution in [0.2, 0.25) is 10.3 Å². The van der Waals surface area contributed by atoms with Crippen LogP contribution in [0.15, 0.2) is 35.1 Å². The summed E-state index contributed by atoms with van der Waals surface area (Å²) in [4.78, 5) is 19.7. The smallest absolute Gasteiger partial charge is 0.258 e. The lowest BCUT2D eigenvalue weighted by Crippen LogP contribution is -2.13. The number of amides is 1. The number of carbonyl (C=O) groups excluding carboxylic acids is 1. The minimum atomic E-state index is -0.363. The van der Waals surface area contributed by atoms with E-state index in [1.54, 1.807) is 18.2 Å². The van der Waals surface area contributed by atoms with Crippen LogP contribution in [0.3, 0.4) is 0 Å². The zero-order chi connectivity index (χ0) is 13.1. The third kappa shape index (κ3) is 3.19. The van der Waals surface area contributed by atoms with Gasteiger partial charge in [-0.25, -0.2) is 9.97 Å². The molecule has 0 saturated carbocycles. The van der Waals surface area contributed by atoms with Gasteiger partial charge in [-0.15, -0.1) is 0 Å². The van der Waals surface area contributed by atoms with Gasteiger partial charge in [0.25, 0.3) is 5.91 Å². The van der Waals surface area contributed by atoms with Gasteiger partial charge in [-0.1, -0.05) is 23.2 Å². The summed E-state index contributed by atoms with van der Waals surface area (Å²) in [6.07, 6.45) is 2.97. The molecule has 0 aliphatic heterocycles. The summed E-state index contributed by atoms with van der Waals surface area (Å²) in [5, 5.41) is 3.14. The summed E-state index contributed by atoms with van der Waals surface area (Å²) < 4.78 is 0.672. The third-order valence-electron chi connectivity index (χ3n) is 2.04. The number of hydrogen-bond acceptors (Lipinski definition) is 3. The summed E-state index contributed by atoms with van der Waals surface area (Å²) in [7, 11) is 0. The molecular formula is C11H6BrCl2N3O. The van der Waals surface area contributed by atoms with Crippen molar-refractivity contribution in [3.05, 3.63) is 50.9 Å². The lowest BCUT2D eigenvalue weighted by molar-refractivity contribution is 0.102. The number of nitrogens with zero attached hydrogens (tertiary/aromatic N) is 2. The quantitative estimate of drug-likeness (QED) is 0.841. The highest BCUT2D eigenvalue weighted by Crippen LogP contribution is 2.19. The number of nitrogens with one attached hydrogen (secondary N) is 1. The van der Waals surface area contributed by atoms with Crippen LogP contribution in [0.25, 0.3) is 0 Å². The van der Waals surface area contributed by atoms with Gasteiger partial charge in [0.15, 0.2) is 0 Å². The number of rotatable bonds is 2. The molecule has 0 aliphatic carbocycles. The predicted octanol–water partition coefficient (Wildman–Crippen LogP) is 3.80. The standard InChI is InChI=1S/C11H6BrCl2N3O/c12-6-3-8(10(14)16-4-6)11(18)17-7-1-2-9(13)15-5-7/h1-5H,(H,17,18). The van der Waals surface area contributed by atoms with Gasteiger partial charge in [0, 0.05) is 10.7 Å². The normalized spacial score (nSPS) is 10.2. The lowest BCUT2D eigenvalue weighted by Gasteiger charge is -2.06. The van der Waals surface area contributed by atoms with Crippen LogP contribution in [-0.4, -0.2) is 15.9 Å². The van der Waals surface area contributed by atoms with Crippen molar-refractivity contribution in [1.82, 2.24) is 9.97 Å². The molecule has 0 aromatic carbocycles. The second kappa shape index (κ2) is 5.65. The van der Waals surface area contributed by atoms with Crippen LogP contribution in [0.5, 0.6) is 0 Å². The number of aromatic nitrogens is 2. The van der Waals surface area contributed by atoms with Gasteiger partial charge in [0.2, 0.25) is 0 Å².